The van der Waals surface area contributed by atoms with Crippen molar-refractivity contribution >= 4 is 23.2 Å². The van der Waals surface area contributed by atoms with Crippen LogP contribution < -0.4 is 5.32 Å². The van der Waals surface area contributed by atoms with E-state index in [1.54, 1.807) is 12.0 Å². The van der Waals surface area contributed by atoms with E-state index in [0.717, 1.165) is 12.8 Å². The maximum atomic E-state index is 12.0. The molecule has 2 heterocycles. The molecular weight excluding hydrogens is 304 g/mol. The van der Waals surface area contributed by atoms with Gasteiger partial charge >= 0.3 is 0 Å². The first-order valence-corrected chi connectivity index (χ1v) is 8.32. The second-order valence-electron chi connectivity index (χ2n) is 5.19. The Balaban J connectivity index is 1.67. The molecular formula is C15H22N2O4S. The Labute approximate surface area is 134 Å². The number of amides is 2. The van der Waals surface area contributed by atoms with Crippen molar-refractivity contribution in [2.75, 3.05) is 40.0 Å². The topological polar surface area (TPSA) is 67.9 Å². The number of ether oxygens (including phenoxy) is 2. The van der Waals surface area contributed by atoms with Crippen LogP contribution in [0.1, 0.15) is 23.2 Å². The quantitative estimate of drug-likeness (QED) is 0.763. The molecule has 2 amide bonds. The first kappa shape index (κ1) is 16.9. The molecule has 7 heteroatoms. The highest BCUT2D eigenvalue weighted by atomic mass is 32.1. The number of thiophene rings is 1. The fraction of sp³-hybridized carbons (Fsp3) is 0.600. The number of likely N-dealkylation sites (tertiary alicyclic amines) is 1. The lowest BCUT2D eigenvalue weighted by Gasteiger charge is -2.32. The van der Waals surface area contributed by atoms with E-state index in [9.17, 15) is 9.59 Å². The van der Waals surface area contributed by atoms with Crippen LogP contribution in [0.5, 0.6) is 0 Å². The molecule has 1 saturated heterocycles. The third kappa shape index (κ3) is 5.08. The average molecular weight is 326 g/mol. The van der Waals surface area contributed by atoms with E-state index in [-0.39, 0.29) is 24.5 Å². The molecule has 1 N–H and O–H groups in total. The summed E-state index contributed by atoms with van der Waals surface area (Å²) in [5.41, 5.74) is 0.704. The molecule has 2 rings (SSSR count). The van der Waals surface area contributed by atoms with Gasteiger partial charge in [-0.25, -0.2) is 0 Å². The number of nitrogens with one attached hydrogen (secondary N) is 1. The zero-order valence-corrected chi connectivity index (χ0v) is 13.6. The largest absolute Gasteiger partial charge is 0.382 e. The molecule has 1 aliphatic heterocycles. The summed E-state index contributed by atoms with van der Waals surface area (Å²) >= 11 is 1.51. The van der Waals surface area contributed by atoms with Gasteiger partial charge in [0.15, 0.2) is 0 Å². The average Bonchev–Trinajstić information content (AvgIpc) is 3.06. The van der Waals surface area contributed by atoms with Crippen molar-refractivity contribution in [3.63, 3.8) is 0 Å². The van der Waals surface area contributed by atoms with Gasteiger partial charge in [-0.05, 0) is 24.3 Å². The maximum Gasteiger partial charge on any atom is 0.252 e. The zero-order chi connectivity index (χ0) is 15.8. The third-order valence-corrected chi connectivity index (χ3v) is 4.31. The second-order valence-corrected chi connectivity index (χ2v) is 5.97. The molecule has 1 fully saturated rings. The third-order valence-electron chi connectivity index (χ3n) is 3.62. The van der Waals surface area contributed by atoms with Crippen molar-refractivity contribution in [3.05, 3.63) is 22.4 Å². The predicted molar refractivity (Wildman–Crippen MR) is 84.1 cm³/mol. The van der Waals surface area contributed by atoms with E-state index in [1.165, 1.54) is 11.3 Å². The molecule has 1 aromatic rings. The number of carbonyl (C=O) groups excluding carboxylic acids is 2. The van der Waals surface area contributed by atoms with E-state index < -0.39 is 0 Å². The van der Waals surface area contributed by atoms with Crippen molar-refractivity contribution in [2.24, 2.45) is 0 Å². The number of rotatable bonds is 7. The molecule has 0 saturated carbocycles. The zero-order valence-electron chi connectivity index (χ0n) is 12.7. The number of methoxy groups -OCH3 is 1. The number of hydrogen-bond acceptors (Lipinski definition) is 5. The summed E-state index contributed by atoms with van der Waals surface area (Å²) in [5, 5.41) is 6.75. The minimum absolute atomic E-state index is 0.00119. The molecule has 0 unspecified atom stereocenters. The Hall–Kier alpha value is -1.44. The van der Waals surface area contributed by atoms with Crippen LogP contribution in [0.25, 0.3) is 0 Å². The molecule has 122 valence electrons. The summed E-state index contributed by atoms with van der Waals surface area (Å²) in [7, 11) is 1.60. The van der Waals surface area contributed by atoms with Crippen LogP contribution in [0.2, 0.25) is 0 Å². The lowest BCUT2D eigenvalue weighted by Crippen LogP contribution is -2.47. The van der Waals surface area contributed by atoms with Gasteiger partial charge in [-0.2, -0.15) is 11.3 Å². The van der Waals surface area contributed by atoms with Crippen LogP contribution in [0.15, 0.2) is 16.8 Å². The number of hydrogen-bond donors (Lipinski definition) is 1. The van der Waals surface area contributed by atoms with Gasteiger partial charge in [-0.3, -0.25) is 9.59 Å². The number of nitrogens with zero attached hydrogens (tertiary/aromatic N) is 1. The Morgan fingerprint density at radius 2 is 2.14 bits per heavy atom. The Bertz CT molecular complexity index is 470. The summed E-state index contributed by atoms with van der Waals surface area (Å²) in [5.74, 6) is -0.0346. The molecule has 6 nitrogen and oxygen atoms in total. The minimum atomic E-state index is -0.0334. The fourth-order valence-electron chi connectivity index (χ4n) is 2.33. The SMILES string of the molecule is COCCOCC(=O)N1CCC(NC(=O)c2ccsc2)CC1. The lowest BCUT2D eigenvalue weighted by atomic mass is 10.0. The van der Waals surface area contributed by atoms with Gasteiger partial charge in [0, 0.05) is 37.2 Å². The Morgan fingerprint density at radius 1 is 1.36 bits per heavy atom. The standard InChI is InChI=1S/C15H22N2O4S/c1-20-7-8-21-10-14(18)17-5-2-13(3-6-17)16-15(19)12-4-9-22-11-12/h4,9,11,13H,2-3,5-8,10H2,1H3,(H,16,19). The first-order valence-electron chi connectivity index (χ1n) is 7.38. The molecule has 1 aliphatic rings. The first-order chi connectivity index (χ1) is 10.7. The highest BCUT2D eigenvalue weighted by Gasteiger charge is 2.24. The van der Waals surface area contributed by atoms with Gasteiger partial charge in [-0.15, -0.1) is 0 Å². The predicted octanol–water partition coefficient (Wildman–Crippen LogP) is 1.13. The summed E-state index contributed by atoms with van der Waals surface area (Å²) < 4.78 is 10.1. The van der Waals surface area contributed by atoms with Gasteiger partial charge in [-0.1, -0.05) is 0 Å². The van der Waals surface area contributed by atoms with E-state index in [4.69, 9.17) is 9.47 Å². The molecule has 1 aromatic heterocycles. The summed E-state index contributed by atoms with van der Waals surface area (Å²) in [4.78, 5) is 25.7. The van der Waals surface area contributed by atoms with Gasteiger partial charge in [0.25, 0.3) is 5.91 Å². The van der Waals surface area contributed by atoms with Crippen LogP contribution >= 0.6 is 11.3 Å². The van der Waals surface area contributed by atoms with Crippen LogP contribution in [-0.4, -0.2) is 62.8 Å². The molecule has 0 spiro atoms. The maximum absolute atomic E-state index is 12.0. The van der Waals surface area contributed by atoms with E-state index >= 15 is 0 Å². The molecule has 0 aliphatic carbocycles. The summed E-state index contributed by atoms with van der Waals surface area (Å²) in [6.45, 7) is 2.32. The van der Waals surface area contributed by atoms with Crippen molar-refractivity contribution in [1.29, 1.82) is 0 Å². The van der Waals surface area contributed by atoms with Crippen molar-refractivity contribution < 1.29 is 19.1 Å². The Kier molecular flexibility index (Phi) is 6.82. The molecule has 0 bridgehead atoms. The number of carbonyl (C=O) groups is 2. The van der Waals surface area contributed by atoms with E-state index in [2.05, 4.69) is 5.32 Å². The monoisotopic (exact) mass is 326 g/mol. The lowest BCUT2D eigenvalue weighted by molar-refractivity contribution is -0.137. The summed E-state index contributed by atoms with van der Waals surface area (Å²) in [6.07, 6.45) is 1.55. The van der Waals surface area contributed by atoms with Crippen LogP contribution in [0, 0.1) is 0 Å². The van der Waals surface area contributed by atoms with E-state index in [1.807, 2.05) is 16.8 Å². The van der Waals surface area contributed by atoms with Gasteiger partial charge in [0.05, 0.1) is 13.2 Å². The highest BCUT2D eigenvalue weighted by molar-refractivity contribution is 7.08. The van der Waals surface area contributed by atoms with Gasteiger partial charge in [0.2, 0.25) is 5.91 Å². The molecule has 0 aromatic carbocycles. The van der Waals surface area contributed by atoms with Gasteiger partial charge < -0.3 is 19.7 Å². The number of piperidine rings is 1. The fourth-order valence-corrected chi connectivity index (χ4v) is 2.96. The Morgan fingerprint density at radius 3 is 2.77 bits per heavy atom. The highest BCUT2D eigenvalue weighted by Crippen LogP contribution is 2.12. The van der Waals surface area contributed by atoms with Crippen molar-refractivity contribution in [2.45, 2.75) is 18.9 Å². The molecule has 22 heavy (non-hydrogen) atoms. The van der Waals surface area contributed by atoms with Crippen LogP contribution in [0.3, 0.4) is 0 Å². The van der Waals surface area contributed by atoms with Crippen LogP contribution in [0.4, 0.5) is 0 Å². The molecule has 0 radical (unpaired) electrons. The van der Waals surface area contributed by atoms with Crippen LogP contribution in [-0.2, 0) is 14.3 Å². The van der Waals surface area contributed by atoms with E-state index in [0.29, 0.717) is 31.9 Å². The van der Waals surface area contributed by atoms with Gasteiger partial charge in [0.1, 0.15) is 6.61 Å². The van der Waals surface area contributed by atoms with Crippen molar-refractivity contribution in [1.82, 2.24) is 10.2 Å². The second kappa shape index (κ2) is 8.87. The minimum Gasteiger partial charge on any atom is -0.382 e. The normalized spacial score (nSPS) is 15.8. The smallest absolute Gasteiger partial charge is 0.252 e. The molecule has 0 atom stereocenters. The van der Waals surface area contributed by atoms with Crippen molar-refractivity contribution in [3.8, 4) is 0 Å². The summed E-state index contributed by atoms with van der Waals surface area (Å²) in [6, 6.07) is 1.95.